The van der Waals surface area contributed by atoms with E-state index in [0.717, 1.165) is 0 Å². The quantitative estimate of drug-likeness (QED) is 0.506. The lowest BCUT2D eigenvalue weighted by Crippen LogP contribution is -2.32. The number of hydrogen-bond acceptors (Lipinski definition) is 8. The maximum atomic E-state index is 13.1. The summed E-state index contributed by atoms with van der Waals surface area (Å²) in [6.07, 6.45) is 2.88. The van der Waals surface area contributed by atoms with Gasteiger partial charge in [0, 0.05) is 25.4 Å². The molecule has 0 saturated heterocycles. The summed E-state index contributed by atoms with van der Waals surface area (Å²) in [5, 5.41) is 7.76. The number of nitrogens with zero attached hydrogens (tertiary/aromatic N) is 5. The molecule has 0 aliphatic carbocycles. The minimum Gasteiger partial charge on any atom is -0.458 e. The second kappa shape index (κ2) is 9.33. The predicted octanol–water partition coefficient (Wildman–Crippen LogP) is 3.43. The number of nitrogens with one attached hydrogen (secondary N) is 1. The van der Waals surface area contributed by atoms with Gasteiger partial charge in [-0.3, -0.25) is 9.29 Å². The summed E-state index contributed by atoms with van der Waals surface area (Å²) in [5.74, 6) is 1.55. The van der Waals surface area contributed by atoms with Crippen LogP contribution in [0.1, 0.15) is 44.3 Å². The Morgan fingerprint density at radius 3 is 2.45 bits per heavy atom. The lowest BCUT2D eigenvalue weighted by Gasteiger charge is -2.21. The van der Waals surface area contributed by atoms with Crippen LogP contribution < -0.4 is 4.72 Å². The van der Waals surface area contributed by atoms with Gasteiger partial charge in [-0.15, -0.1) is 10.2 Å². The van der Waals surface area contributed by atoms with E-state index in [4.69, 9.17) is 20.8 Å². The van der Waals surface area contributed by atoms with Gasteiger partial charge in [0.2, 0.25) is 21.8 Å². The maximum absolute atomic E-state index is 13.1. The van der Waals surface area contributed by atoms with Gasteiger partial charge in [0.1, 0.15) is 11.6 Å². The number of aromatic nitrogens is 5. The SMILES string of the molecule is COC[C@H](C)n1c(NS(=O)(=O)[C@@H](C)[C@H](C)c2ncc(Cl)cn2)nnc1-c1ccc(C)o1. The van der Waals surface area contributed by atoms with Crippen molar-refractivity contribution in [1.82, 2.24) is 24.7 Å². The number of aryl methyl sites for hydroxylation is 1. The highest BCUT2D eigenvalue weighted by Crippen LogP contribution is 2.29. The van der Waals surface area contributed by atoms with Crippen LogP contribution in [0.25, 0.3) is 11.6 Å². The molecule has 0 aromatic carbocycles. The minimum atomic E-state index is -3.86. The second-order valence-corrected chi connectivity index (χ2v) is 9.81. The Morgan fingerprint density at radius 1 is 1.19 bits per heavy atom. The van der Waals surface area contributed by atoms with Crippen molar-refractivity contribution in [2.75, 3.05) is 18.4 Å². The number of rotatable bonds is 9. The van der Waals surface area contributed by atoms with Crippen molar-refractivity contribution in [3.63, 3.8) is 0 Å². The molecule has 31 heavy (non-hydrogen) atoms. The molecule has 3 aromatic rings. The van der Waals surface area contributed by atoms with Crippen LogP contribution in [0.3, 0.4) is 0 Å². The van der Waals surface area contributed by atoms with Gasteiger partial charge >= 0.3 is 0 Å². The highest BCUT2D eigenvalue weighted by Gasteiger charge is 2.32. The largest absolute Gasteiger partial charge is 0.458 e. The van der Waals surface area contributed by atoms with Gasteiger partial charge in [0.05, 0.1) is 22.9 Å². The fourth-order valence-electron chi connectivity index (χ4n) is 3.07. The molecular formula is C19H25ClN6O4S. The average Bonchev–Trinajstić information content (AvgIpc) is 3.33. The molecule has 12 heteroatoms. The normalized spacial score (nSPS) is 14.9. The van der Waals surface area contributed by atoms with Crippen molar-refractivity contribution in [1.29, 1.82) is 0 Å². The van der Waals surface area contributed by atoms with E-state index in [1.165, 1.54) is 12.4 Å². The van der Waals surface area contributed by atoms with Gasteiger partial charge < -0.3 is 9.15 Å². The van der Waals surface area contributed by atoms with Gasteiger partial charge in [-0.25, -0.2) is 18.4 Å². The van der Waals surface area contributed by atoms with E-state index in [2.05, 4.69) is 24.9 Å². The maximum Gasteiger partial charge on any atom is 0.238 e. The van der Waals surface area contributed by atoms with Gasteiger partial charge in [-0.1, -0.05) is 18.5 Å². The van der Waals surface area contributed by atoms with Crippen LogP contribution >= 0.6 is 11.6 Å². The highest BCUT2D eigenvalue weighted by molar-refractivity contribution is 7.93. The highest BCUT2D eigenvalue weighted by atomic mass is 35.5. The Kier molecular flexibility index (Phi) is 6.97. The standard InChI is InChI=1S/C19H25ClN6O4S/c1-11(10-29-5)26-18(16-7-6-12(2)30-16)23-24-19(26)25-31(27,28)14(4)13(3)17-21-8-15(20)9-22-17/h6-9,11,13-14H,10H2,1-5H3,(H,24,25)/t11-,13-,14-/m0/s1. The van der Waals surface area contributed by atoms with Crippen molar-refractivity contribution in [3.8, 4) is 11.6 Å². The summed E-state index contributed by atoms with van der Waals surface area (Å²) in [6.45, 7) is 7.33. The van der Waals surface area contributed by atoms with E-state index in [9.17, 15) is 8.42 Å². The van der Waals surface area contributed by atoms with Gasteiger partial charge in [-0.05, 0) is 32.9 Å². The third-order valence-corrected chi connectivity index (χ3v) is 7.03. The lowest BCUT2D eigenvalue weighted by atomic mass is 10.1. The van der Waals surface area contributed by atoms with Crippen molar-refractivity contribution in [3.05, 3.63) is 41.1 Å². The fraction of sp³-hybridized carbons (Fsp3) is 0.474. The van der Waals surface area contributed by atoms with Crippen molar-refractivity contribution < 1.29 is 17.6 Å². The second-order valence-electron chi connectivity index (χ2n) is 7.33. The molecule has 3 rings (SSSR count). The molecule has 10 nitrogen and oxygen atoms in total. The molecule has 0 bridgehead atoms. The van der Waals surface area contributed by atoms with E-state index in [-0.39, 0.29) is 12.0 Å². The molecule has 0 fully saturated rings. The van der Waals surface area contributed by atoms with Crippen LogP contribution in [0.2, 0.25) is 5.02 Å². The summed E-state index contributed by atoms with van der Waals surface area (Å²) >= 11 is 5.83. The third-order valence-electron chi connectivity index (χ3n) is 4.98. The van der Waals surface area contributed by atoms with Gasteiger partial charge in [-0.2, -0.15) is 0 Å². The summed E-state index contributed by atoms with van der Waals surface area (Å²) in [5.41, 5.74) is 0. The zero-order valence-electron chi connectivity index (χ0n) is 17.9. The first-order valence-electron chi connectivity index (χ1n) is 9.63. The number of anilines is 1. The summed E-state index contributed by atoms with van der Waals surface area (Å²) in [4.78, 5) is 8.28. The first kappa shape index (κ1) is 23.2. The fourth-order valence-corrected chi connectivity index (χ4v) is 4.41. The van der Waals surface area contributed by atoms with Crippen LogP contribution in [0.4, 0.5) is 5.95 Å². The van der Waals surface area contributed by atoms with E-state index < -0.39 is 21.2 Å². The Hall–Kier alpha value is -2.50. The number of hydrogen-bond donors (Lipinski definition) is 1. The molecule has 0 aliphatic rings. The Labute approximate surface area is 186 Å². The predicted molar refractivity (Wildman–Crippen MR) is 117 cm³/mol. The van der Waals surface area contributed by atoms with Crippen LogP contribution in [-0.2, 0) is 14.8 Å². The first-order valence-corrected chi connectivity index (χ1v) is 11.6. The minimum absolute atomic E-state index is 0.0738. The van der Waals surface area contributed by atoms with Crippen LogP contribution in [0.5, 0.6) is 0 Å². The molecule has 0 spiro atoms. The van der Waals surface area contributed by atoms with Crippen LogP contribution in [0.15, 0.2) is 28.9 Å². The van der Waals surface area contributed by atoms with E-state index >= 15 is 0 Å². The van der Waals surface area contributed by atoms with E-state index in [0.29, 0.717) is 34.8 Å². The van der Waals surface area contributed by atoms with Gasteiger partial charge in [0.15, 0.2) is 5.76 Å². The van der Waals surface area contributed by atoms with Crippen LogP contribution in [0, 0.1) is 6.92 Å². The summed E-state index contributed by atoms with van der Waals surface area (Å²) < 4.78 is 41.4. The molecule has 0 aliphatic heterocycles. The monoisotopic (exact) mass is 468 g/mol. The lowest BCUT2D eigenvalue weighted by molar-refractivity contribution is 0.163. The summed E-state index contributed by atoms with van der Waals surface area (Å²) in [6, 6.07) is 3.30. The van der Waals surface area contributed by atoms with Crippen molar-refractivity contribution in [2.45, 2.75) is 44.9 Å². The molecule has 1 N–H and O–H groups in total. The topological polar surface area (TPSA) is 125 Å². The Bertz CT molecular complexity index is 1130. The Balaban J connectivity index is 1.93. The van der Waals surface area contributed by atoms with Crippen molar-refractivity contribution in [2.24, 2.45) is 0 Å². The first-order chi connectivity index (χ1) is 14.6. The number of halogens is 1. The molecule has 3 atom stereocenters. The molecule has 0 unspecified atom stereocenters. The smallest absolute Gasteiger partial charge is 0.238 e. The third kappa shape index (κ3) is 5.05. The molecular weight excluding hydrogens is 444 g/mol. The summed E-state index contributed by atoms with van der Waals surface area (Å²) in [7, 11) is -2.30. The average molecular weight is 469 g/mol. The zero-order valence-corrected chi connectivity index (χ0v) is 19.5. The van der Waals surface area contributed by atoms with E-state index in [1.807, 2.05) is 13.8 Å². The molecule has 168 valence electrons. The molecule has 0 saturated carbocycles. The Morgan fingerprint density at radius 2 is 1.87 bits per heavy atom. The van der Waals surface area contributed by atoms with Crippen molar-refractivity contribution >= 4 is 27.6 Å². The number of methoxy groups -OCH3 is 1. The van der Waals surface area contributed by atoms with Gasteiger partial charge in [0.25, 0.3) is 0 Å². The number of sulfonamides is 1. The molecule has 0 amide bonds. The molecule has 3 heterocycles. The number of ether oxygens (including phenoxy) is 1. The van der Waals surface area contributed by atoms with E-state index in [1.54, 1.807) is 37.7 Å². The molecule has 3 aromatic heterocycles. The zero-order chi connectivity index (χ0) is 22.8. The number of furan rings is 1. The van der Waals surface area contributed by atoms with Crippen LogP contribution in [-0.4, -0.2) is 52.1 Å². The molecule has 0 radical (unpaired) electrons.